The summed E-state index contributed by atoms with van der Waals surface area (Å²) in [5.74, 6) is -2.70. The zero-order chi connectivity index (χ0) is 23.5. The molecular weight excluding hydrogens is 442 g/mol. The summed E-state index contributed by atoms with van der Waals surface area (Å²) in [5, 5.41) is 3.07. The largest absolute Gasteiger partial charge is 0.492 e. The predicted octanol–water partition coefficient (Wildman–Crippen LogP) is 5.00. The van der Waals surface area contributed by atoms with Gasteiger partial charge in [0.15, 0.2) is 0 Å². The quantitative estimate of drug-likeness (QED) is 0.608. The summed E-state index contributed by atoms with van der Waals surface area (Å²) in [4.78, 5) is 25.0. The van der Waals surface area contributed by atoms with E-state index in [0.29, 0.717) is 16.3 Å². The van der Waals surface area contributed by atoms with Crippen LogP contribution < -0.4 is 10.1 Å². The lowest BCUT2D eigenvalue weighted by atomic mass is 10.0. The number of carbonyl (C=O) groups is 2. The third-order valence-corrected chi connectivity index (χ3v) is 4.73. The standard InChI is InChI=1S/C23H25ClF2N2O4/c1-22(2,3)32-21(30)27-8-9-31-19-11-17(10-18(24)12-19)15-4-6-16(7-5-15)20(29)28-13-23(25,26)14-28/h4-7,10-12H,8-9,13-14H2,1-3H3,(H,27,30). The van der Waals surface area contributed by atoms with Gasteiger partial charge >= 0.3 is 6.09 Å². The van der Waals surface area contributed by atoms with Crippen molar-refractivity contribution in [1.82, 2.24) is 10.2 Å². The number of ether oxygens (including phenoxy) is 2. The molecule has 0 aromatic heterocycles. The van der Waals surface area contributed by atoms with Gasteiger partial charge in [0, 0.05) is 10.6 Å². The molecule has 1 heterocycles. The minimum atomic E-state index is -2.80. The average Bonchev–Trinajstić information content (AvgIpc) is 2.67. The highest BCUT2D eigenvalue weighted by Gasteiger charge is 2.46. The van der Waals surface area contributed by atoms with Gasteiger partial charge in [-0.2, -0.15) is 0 Å². The first kappa shape index (κ1) is 23.8. The number of nitrogens with one attached hydrogen (secondary N) is 1. The van der Waals surface area contributed by atoms with Gasteiger partial charge in [-0.25, -0.2) is 13.6 Å². The molecule has 1 fully saturated rings. The molecule has 2 aromatic carbocycles. The number of hydrogen-bond acceptors (Lipinski definition) is 4. The Balaban J connectivity index is 1.58. The van der Waals surface area contributed by atoms with Crippen LogP contribution in [0.2, 0.25) is 5.02 Å². The van der Waals surface area contributed by atoms with Crippen LogP contribution in [0.3, 0.4) is 0 Å². The highest BCUT2D eigenvalue weighted by Crippen LogP contribution is 2.31. The molecule has 3 rings (SSSR count). The summed E-state index contributed by atoms with van der Waals surface area (Å²) in [6.45, 7) is 4.71. The molecule has 0 atom stereocenters. The SMILES string of the molecule is CC(C)(C)OC(=O)NCCOc1cc(Cl)cc(-c2ccc(C(=O)N3CC(F)(F)C3)cc2)c1. The molecule has 1 aliphatic heterocycles. The summed E-state index contributed by atoms with van der Waals surface area (Å²) < 4.78 is 36.8. The number of benzene rings is 2. The maximum absolute atomic E-state index is 13.0. The van der Waals surface area contributed by atoms with Crippen LogP contribution in [-0.2, 0) is 4.74 Å². The van der Waals surface area contributed by atoms with E-state index in [9.17, 15) is 18.4 Å². The van der Waals surface area contributed by atoms with Crippen molar-refractivity contribution in [2.45, 2.75) is 32.3 Å². The van der Waals surface area contributed by atoms with E-state index in [1.165, 1.54) is 0 Å². The van der Waals surface area contributed by atoms with Gasteiger partial charge in [-0.05, 0) is 62.2 Å². The van der Waals surface area contributed by atoms with E-state index in [1.807, 2.05) is 0 Å². The van der Waals surface area contributed by atoms with Crippen molar-refractivity contribution >= 4 is 23.6 Å². The van der Waals surface area contributed by atoms with Gasteiger partial charge in [-0.1, -0.05) is 23.7 Å². The molecule has 0 radical (unpaired) electrons. The summed E-state index contributed by atoms with van der Waals surface area (Å²) in [6.07, 6.45) is -0.524. The third-order valence-electron chi connectivity index (χ3n) is 4.51. The number of likely N-dealkylation sites (tertiary alicyclic amines) is 1. The molecule has 9 heteroatoms. The van der Waals surface area contributed by atoms with Gasteiger partial charge in [0.05, 0.1) is 19.6 Å². The molecule has 2 amide bonds. The molecule has 0 aliphatic carbocycles. The zero-order valence-corrected chi connectivity index (χ0v) is 18.8. The van der Waals surface area contributed by atoms with Crippen LogP contribution in [0.1, 0.15) is 31.1 Å². The zero-order valence-electron chi connectivity index (χ0n) is 18.1. The van der Waals surface area contributed by atoms with Crippen LogP contribution in [0.15, 0.2) is 42.5 Å². The van der Waals surface area contributed by atoms with Gasteiger partial charge < -0.3 is 19.7 Å². The normalized spacial score (nSPS) is 15.0. The van der Waals surface area contributed by atoms with Crippen molar-refractivity contribution in [3.8, 4) is 16.9 Å². The maximum Gasteiger partial charge on any atom is 0.407 e. The third kappa shape index (κ3) is 6.56. The minimum absolute atomic E-state index is 0.215. The number of halogens is 3. The molecule has 32 heavy (non-hydrogen) atoms. The Morgan fingerprint density at radius 3 is 2.34 bits per heavy atom. The Kier molecular flexibility index (Phi) is 6.93. The average molecular weight is 467 g/mol. The molecule has 0 saturated carbocycles. The molecule has 2 aromatic rings. The summed E-state index contributed by atoms with van der Waals surface area (Å²) >= 11 is 6.21. The fourth-order valence-corrected chi connectivity index (χ4v) is 3.32. The highest BCUT2D eigenvalue weighted by molar-refractivity contribution is 6.31. The molecule has 6 nitrogen and oxygen atoms in total. The highest BCUT2D eigenvalue weighted by atomic mass is 35.5. The molecule has 1 aliphatic rings. The number of nitrogens with zero attached hydrogens (tertiary/aromatic N) is 1. The number of carbonyl (C=O) groups excluding carboxylic acids is 2. The number of alkyl carbamates (subject to hydrolysis) is 1. The molecule has 0 bridgehead atoms. The van der Waals surface area contributed by atoms with Crippen molar-refractivity contribution in [2.24, 2.45) is 0 Å². The van der Waals surface area contributed by atoms with E-state index < -0.39 is 36.6 Å². The van der Waals surface area contributed by atoms with Gasteiger partial charge in [0.2, 0.25) is 0 Å². The number of amides is 2. The van der Waals surface area contributed by atoms with Crippen molar-refractivity contribution in [1.29, 1.82) is 0 Å². The van der Waals surface area contributed by atoms with Crippen LogP contribution in [0, 0.1) is 0 Å². The predicted molar refractivity (Wildman–Crippen MR) is 117 cm³/mol. The van der Waals surface area contributed by atoms with Gasteiger partial charge in [-0.15, -0.1) is 0 Å². The fourth-order valence-electron chi connectivity index (χ4n) is 3.09. The Labute approximate surface area is 190 Å². The monoisotopic (exact) mass is 466 g/mol. The number of alkyl halides is 2. The number of rotatable bonds is 6. The Morgan fingerprint density at radius 1 is 1.09 bits per heavy atom. The Bertz CT molecular complexity index is 982. The van der Waals surface area contributed by atoms with Crippen LogP contribution >= 0.6 is 11.6 Å². The fraction of sp³-hybridized carbons (Fsp3) is 0.391. The molecule has 1 N–H and O–H groups in total. The van der Waals surface area contributed by atoms with E-state index in [4.69, 9.17) is 21.1 Å². The van der Waals surface area contributed by atoms with Crippen molar-refractivity contribution in [2.75, 3.05) is 26.2 Å². The van der Waals surface area contributed by atoms with Crippen molar-refractivity contribution in [3.63, 3.8) is 0 Å². The van der Waals surface area contributed by atoms with Gasteiger partial charge in [0.1, 0.15) is 18.0 Å². The molecule has 0 unspecified atom stereocenters. The number of hydrogen-bond donors (Lipinski definition) is 1. The van der Waals surface area contributed by atoms with Crippen LogP contribution in [-0.4, -0.2) is 54.7 Å². The Morgan fingerprint density at radius 2 is 1.75 bits per heavy atom. The van der Waals surface area contributed by atoms with Crippen molar-refractivity contribution in [3.05, 3.63) is 53.1 Å². The first-order valence-electron chi connectivity index (χ1n) is 10.1. The minimum Gasteiger partial charge on any atom is -0.492 e. The Hall–Kier alpha value is -2.87. The van der Waals surface area contributed by atoms with Crippen LogP contribution in [0.4, 0.5) is 13.6 Å². The van der Waals surface area contributed by atoms with E-state index in [0.717, 1.165) is 16.0 Å². The molecule has 0 spiro atoms. The molecular formula is C23H25ClF2N2O4. The lowest BCUT2D eigenvalue weighted by Crippen LogP contribution is -2.58. The summed E-state index contributed by atoms with van der Waals surface area (Å²) in [7, 11) is 0. The summed E-state index contributed by atoms with van der Waals surface area (Å²) in [6, 6.07) is 11.8. The van der Waals surface area contributed by atoms with Gasteiger partial charge in [-0.3, -0.25) is 4.79 Å². The van der Waals surface area contributed by atoms with Crippen molar-refractivity contribution < 1.29 is 27.8 Å². The second-order valence-corrected chi connectivity index (χ2v) is 8.98. The topological polar surface area (TPSA) is 67.9 Å². The van der Waals surface area contributed by atoms with E-state index in [2.05, 4.69) is 5.32 Å². The first-order chi connectivity index (χ1) is 14.9. The van der Waals surface area contributed by atoms with Gasteiger partial charge in [0.25, 0.3) is 11.8 Å². The summed E-state index contributed by atoms with van der Waals surface area (Å²) in [5.41, 5.74) is 1.32. The van der Waals surface area contributed by atoms with Crippen LogP contribution in [0.25, 0.3) is 11.1 Å². The lowest BCUT2D eigenvalue weighted by Gasteiger charge is -2.38. The first-order valence-corrected chi connectivity index (χ1v) is 10.5. The van der Waals surface area contributed by atoms with E-state index >= 15 is 0 Å². The van der Waals surface area contributed by atoms with E-state index in [1.54, 1.807) is 63.2 Å². The smallest absolute Gasteiger partial charge is 0.407 e. The maximum atomic E-state index is 13.0. The second-order valence-electron chi connectivity index (χ2n) is 8.55. The van der Waals surface area contributed by atoms with E-state index in [-0.39, 0.29) is 13.2 Å². The molecule has 1 saturated heterocycles. The molecule has 172 valence electrons. The van der Waals surface area contributed by atoms with Crippen LogP contribution in [0.5, 0.6) is 5.75 Å². The lowest BCUT2D eigenvalue weighted by molar-refractivity contribution is -0.113. The second kappa shape index (κ2) is 9.32.